The Morgan fingerprint density at radius 1 is 1.36 bits per heavy atom. The number of rotatable bonds is 2. The smallest absolute Gasteiger partial charge is 0.415 e. The van der Waals surface area contributed by atoms with Crippen LogP contribution in [0, 0.1) is 5.82 Å². The second-order valence-electron chi connectivity index (χ2n) is 2.25. The minimum Gasteiger partial charge on any atom is -0.415 e. The Bertz CT molecular complexity index is 330. The SMILES string of the molecule is Fc1cc(Br)cc(Cl)c1OC(F)(F)Cl. The maximum Gasteiger partial charge on any atom is 0.487 e. The molecule has 1 rings (SSSR count). The highest BCUT2D eigenvalue weighted by molar-refractivity contribution is 9.10. The Morgan fingerprint density at radius 3 is 2.36 bits per heavy atom. The van der Waals surface area contributed by atoms with Crippen LogP contribution in [0.15, 0.2) is 16.6 Å². The van der Waals surface area contributed by atoms with Crippen LogP contribution in [-0.4, -0.2) is 5.57 Å². The molecule has 0 saturated carbocycles. The molecule has 78 valence electrons. The zero-order valence-electron chi connectivity index (χ0n) is 6.33. The molecule has 0 heterocycles. The summed E-state index contributed by atoms with van der Waals surface area (Å²) in [6.45, 7) is 0. The molecule has 0 atom stereocenters. The van der Waals surface area contributed by atoms with Gasteiger partial charge in [-0.2, -0.15) is 0 Å². The van der Waals surface area contributed by atoms with Crippen LogP contribution in [0.4, 0.5) is 13.2 Å². The van der Waals surface area contributed by atoms with Gasteiger partial charge in [-0.1, -0.05) is 27.5 Å². The minimum absolute atomic E-state index is 0.294. The first-order valence-corrected chi connectivity index (χ1v) is 4.75. The number of alkyl halides is 3. The quantitative estimate of drug-likeness (QED) is 0.735. The molecular weight excluding hydrogens is 308 g/mol. The van der Waals surface area contributed by atoms with Crippen LogP contribution < -0.4 is 4.74 Å². The van der Waals surface area contributed by atoms with Gasteiger partial charge < -0.3 is 4.74 Å². The number of hydrogen-bond acceptors (Lipinski definition) is 1. The van der Waals surface area contributed by atoms with E-state index in [9.17, 15) is 13.2 Å². The standard InChI is InChI=1S/C7H2BrCl2F3O/c8-3-1-4(9)6(5(11)2-3)14-7(10,12)13/h1-2H. The molecule has 0 N–H and O–H groups in total. The number of ether oxygens (including phenoxy) is 1. The summed E-state index contributed by atoms with van der Waals surface area (Å²) in [4.78, 5) is 0. The molecule has 14 heavy (non-hydrogen) atoms. The van der Waals surface area contributed by atoms with E-state index in [1.807, 2.05) is 0 Å². The number of hydrogen-bond donors (Lipinski definition) is 0. The van der Waals surface area contributed by atoms with Gasteiger partial charge in [-0.05, 0) is 12.1 Å². The molecule has 0 fully saturated rings. The number of benzene rings is 1. The van der Waals surface area contributed by atoms with Crippen LogP contribution in [0.2, 0.25) is 5.02 Å². The summed E-state index contributed by atoms with van der Waals surface area (Å²) < 4.78 is 41.5. The molecule has 0 amide bonds. The van der Waals surface area contributed by atoms with Crippen molar-refractivity contribution in [3.05, 3.63) is 27.4 Å². The monoisotopic (exact) mass is 308 g/mol. The highest BCUT2D eigenvalue weighted by Crippen LogP contribution is 2.35. The lowest BCUT2D eigenvalue weighted by Crippen LogP contribution is -2.16. The maximum absolute atomic E-state index is 13.0. The minimum atomic E-state index is -3.99. The van der Waals surface area contributed by atoms with E-state index in [0.29, 0.717) is 4.47 Å². The predicted octanol–water partition coefficient (Wildman–Crippen LogP) is 4.41. The first kappa shape index (κ1) is 11.9. The fourth-order valence-electron chi connectivity index (χ4n) is 0.742. The van der Waals surface area contributed by atoms with Gasteiger partial charge in [-0.15, -0.1) is 8.78 Å². The van der Waals surface area contributed by atoms with Crippen molar-refractivity contribution in [1.29, 1.82) is 0 Å². The average molecular weight is 310 g/mol. The summed E-state index contributed by atoms with van der Waals surface area (Å²) in [6, 6.07) is 2.15. The molecule has 0 aliphatic heterocycles. The van der Waals surface area contributed by atoms with Crippen LogP contribution in [0.3, 0.4) is 0 Å². The average Bonchev–Trinajstić information content (AvgIpc) is 1.95. The molecule has 0 aliphatic rings. The third-order valence-corrected chi connectivity index (χ3v) is 2.00. The van der Waals surface area contributed by atoms with E-state index in [-0.39, 0.29) is 5.02 Å². The van der Waals surface area contributed by atoms with Crippen molar-refractivity contribution in [1.82, 2.24) is 0 Å². The molecule has 1 nitrogen and oxygen atoms in total. The largest absolute Gasteiger partial charge is 0.487 e. The molecule has 0 saturated heterocycles. The molecular formula is C7H2BrCl2F3O. The van der Waals surface area contributed by atoms with E-state index in [1.165, 1.54) is 6.07 Å². The van der Waals surface area contributed by atoms with Gasteiger partial charge in [0.25, 0.3) is 0 Å². The normalized spacial score (nSPS) is 11.6. The van der Waals surface area contributed by atoms with Gasteiger partial charge in [0.2, 0.25) is 0 Å². The van der Waals surface area contributed by atoms with Crippen molar-refractivity contribution in [2.45, 2.75) is 5.57 Å². The van der Waals surface area contributed by atoms with Crippen molar-refractivity contribution in [3.63, 3.8) is 0 Å². The first-order chi connectivity index (χ1) is 6.29. The second kappa shape index (κ2) is 4.16. The molecule has 0 unspecified atom stereocenters. The van der Waals surface area contributed by atoms with Gasteiger partial charge in [0, 0.05) is 16.1 Å². The Balaban J connectivity index is 3.09. The van der Waals surface area contributed by atoms with Crippen molar-refractivity contribution in [2.24, 2.45) is 0 Å². The summed E-state index contributed by atoms with van der Waals surface area (Å²) in [6.07, 6.45) is 0. The van der Waals surface area contributed by atoms with Crippen molar-refractivity contribution >= 4 is 39.1 Å². The summed E-state index contributed by atoms with van der Waals surface area (Å²) >= 11 is 12.8. The van der Waals surface area contributed by atoms with E-state index in [2.05, 4.69) is 32.3 Å². The Labute approximate surface area is 95.9 Å². The maximum atomic E-state index is 13.0. The topological polar surface area (TPSA) is 9.23 Å². The first-order valence-electron chi connectivity index (χ1n) is 3.20. The highest BCUT2D eigenvalue weighted by Gasteiger charge is 2.30. The van der Waals surface area contributed by atoms with E-state index in [0.717, 1.165) is 6.07 Å². The third kappa shape index (κ3) is 3.22. The molecule has 0 aliphatic carbocycles. The summed E-state index contributed by atoms with van der Waals surface area (Å²) in [5, 5.41) is -0.294. The van der Waals surface area contributed by atoms with E-state index < -0.39 is 17.1 Å². The van der Waals surface area contributed by atoms with Gasteiger partial charge in [0.05, 0.1) is 5.02 Å². The lowest BCUT2D eigenvalue weighted by molar-refractivity contribution is -0.0984. The summed E-state index contributed by atoms with van der Waals surface area (Å²) in [5.41, 5.74) is -3.99. The van der Waals surface area contributed by atoms with Crippen LogP contribution in [0.1, 0.15) is 0 Å². The van der Waals surface area contributed by atoms with Crippen LogP contribution in [0.25, 0.3) is 0 Å². The fraction of sp³-hybridized carbons (Fsp3) is 0.143. The van der Waals surface area contributed by atoms with Gasteiger partial charge in [0.15, 0.2) is 11.6 Å². The highest BCUT2D eigenvalue weighted by atomic mass is 79.9. The zero-order chi connectivity index (χ0) is 10.9. The fourth-order valence-corrected chi connectivity index (χ4v) is 1.63. The van der Waals surface area contributed by atoms with E-state index in [1.54, 1.807) is 0 Å². The van der Waals surface area contributed by atoms with Gasteiger partial charge in [-0.3, -0.25) is 0 Å². The van der Waals surface area contributed by atoms with Crippen molar-refractivity contribution in [3.8, 4) is 5.75 Å². The molecule has 1 aromatic rings. The number of halogens is 6. The second-order valence-corrected chi connectivity index (χ2v) is 4.01. The Morgan fingerprint density at radius 2 is 1.93 bits per heavy atom. The van der Waals surface area contributed by atoms with E-state index in [4.69, 9.17) is 11.6 Å². The Kier molecular flexibility index (Phi) is 3.55. The van der Waals surface area contributed by atoms with Gasteiger partial charge in [-0.25, -0.2) is 4.39 Å². The van der Waals surface area contributed by atoms with Crippen LogP contribution >= 0.6 is 39.1 Å². The lowest BCUT2D eigenvalue weighted by atomic mass is 10.3. The van der Waals surface area contributed by atoms with Gasteiger partial charge >= 0.3 is 5.57 Å². The molecule has 1 aromatic carbocycles. The molecule has 0 aromatic heterocycles. The summed E-state index contributed by atoms with van der Waals surface area (Å²) in [7, 11) is 0. The van der Waals surface area contributed by atoms with Crippen LogP contribution in [-0.2, 0) is 0 Å². The van der Waals surface area contributed by atoms with Crippen molar-refractivity contribution in [2.75, 3.05) is 0 Å². The molecule has 0 radical (unpaired) electrons. The molecule has 0 bridgehead atoms. The predicted molar refractivity (Wildman–Crippen MR) is 50.5 cm³/mol. The molecule has 7 heteroatoms. The van der Waals surface area contributed by atoms with Crippen molar-refractivity contribution < 1.29 is 17.9 Å². The Hall–Kier alpha value is -0.130. The molecule has 0 spiro atoms. The third-order valence-electron chi connectivity index (χ3n) is 1.18. The summed E-state index contributed by atoms with van der Waals surface area (Å²) in [5.74, 6) is -1.81. The lowest BCUT2D eigenvalue weighted by Gasteiger charge is -2.12. The zero-order valence-corrected chi connectivity index (χ0v) is 9.43. The van der Waals surface area contributed by atoms with Gasteiger partial charge in [0.1, 0.15) is 0 Å². The van der Waals surface area contributed by atoms with Crippen LogP contribution in [0.5, 0.6) is 5.75 Å². The van der Waals surface area contributed by atoms with E-state index >= 15 is 0 Å².